The zero-order valence-electron chi connectivity index (χ0n) is 16.4. The topological polar surface area (TPSA) is 97.9 Å². The standard InChI is InChI=1S/C20H23FN6OS/c1-9-10-7-14(29-20(10)27(2)26-9)17-15-11(8-23-19(15)28)16(21)18(25-17)24-13-6-4-3-5-12(13)22/h7,12-13H,3-6,8,22H2,1-2H3,(H,23,28)(H,24,25)/t12-,13+/m0/s1. The monoisotopic (exact) mass is 414 g/mol. The number of aryl methyl sites for hydroxylation is 2. The summed E-state index contributed by atoms with van der Waals surface area (Å²) >= 11 is 1.51. The lowest BCUT2D eigenvalue weighted by Gasteiger charge is -2.30. The first-order chi connectivity index (χ1) is 13.9. The molecule has 0 aromatic carbocycles. The lowest BCUT2D eigenvalue weighted by atomic mass is 9.91. The fraction of sp³-hybridized carbons (Fsp3) is 0.450. The van der Waals surface area contributed by atoms with E-state index in [9.17, 15) is 4.79 Å². The van der Waals surface area contributed by atoms with Gasteiger partial charge in [-0.1, -0.05) is 12.8 Å². The molecule has 5 rings (SSSR count). The summed E-state index contributed by atoms with van der Waals surface area (Å²) in [6, 6.07) is 1.94. The molecule has 2 atom stereocenters. The molecular weight excluding hydrogens is 391 g/mol. The number of nitrogens with one attached hydrogen (secondary N) is 2. The van der Waals surface area contributed by atoms with Crippen molar-refractivity contribution in [1.29, 1.82) is 0 Å². The number of hydrogen-bond donors (Lipinski definition) is 3. The van der Waals surface area contributed by atoms with E-state index in [4.69, 9.17) is 5.73 Å². The Kier molecular flexibility index (Phi) is 4.32. The van der Waals surface area contributed by atoms with Crippen molar-refractivity contribution in [2.75, 3.05) is 5.32 Å². The molecule has 0 bridgehead atoms. The minimum Gasteiger partial charge on any atom is -0.363 e. The van der Waals surface area contributed by atoms with Crippen molar-refractivity contribution in [3.05, 3.63) is 28.7 Å². The SMILES string of the molecule is Cc1nn(C)c2sc(-c3nc(N[C@@H]4CCCC[C@@H]4N)c(F)c4c3C(=O)NC4)cc12. The number of nitrogens with two attached hydrogens (primary N) is 1. The predicted octanol–water partition coefficient (Wildman–Crippen LogP) is 3.07. The number of pyridine rings is 1. The van der Waals surface area contributed by atoms with Crippen molar-refractivity contribution in [3.63, 3.8) is 0 Å². The minimum absolute atomic E-state index is 0.0180. The third kappa shape index (κ3) is 2.91. The highest BCUT2D eigenvalue weighted by atomic mass is 32.1. The molecule has 3 aromatic heterocycles. The Labute approximate surface area is 171 Å². The van der Waals surface area contributed by atoms with Gasteiger partial charge in [0.05, 0.1) is 21.8 Å². The van der Waals surface area contributed by atoms with Gasteiger partial charge in [0, 0.05) is 36.6 Å². The van der Waals surface area contributed by atoms with E-state index in [-0.39, 0.29) is 30.4 Å². The van der Waals surface area contributed by atoms with Gasteiger partial charge in [0.1, 0.15) is 4.83 Å². The molecule has 1 amide bonds. The molecule has 29 heavy (non-hydrogen) atoms. The minimum atomic E-state index is -0.459. The normalized spacial score (nSPS) is 21.4. The number of hydrogen-bond acceptors (Lipinski definition) is 6. The van der Waals surface area contributed by atoms with Crippen molar-refractivity contribution in [2.24, 2.45) is 12.8 Å². The van der Waals surface area contributed by atoms with E-state index in [2.05, 4.69) is 20.7 Å². The predicted molar refractivity (Wildman–Crippen MR) is 112 cm³/mol. The number of thiophene rings is 1. The molecular formula is C20H23FN6OS. The average molecular weight is 415 g/mol. The molecule has 152 valence electrons. The molecule has 7 nitrogen and oxygen atoms in total. The maximum atomic E-state index is 15.2. The molecule has 0 unspecified atom stereocenters. The van der Waals surface area contributed by atoms with Crippen molar-refractivity contribution < 1.29 is 9.18 Å². The van der Waals surface area contributed by atoms with Crippen LogP contribution in [0.5, 0.6) is 0 Å². The molecule has 3 aromatic rings. The van der Waals surface area contributed by atoms with E-state index in [0.717, 1.165) is 46.5 Å². The van der Waals surface area contributed by atoms with Gasteiger partial charge in [0.25, 0.3) is 5.91 Å². The Bertz CT molecular complexity index is 1100. The van der Waals surface area contributed by atoms with E-state index in [1.165, 1.54) is 11.3 Å². The fourth-order valence-corrected chi connectivity index (χ4v) is 5.51. The van der Waals surface area contributed by atoms with E-state index in [0.29, 0.717) is 16.8 Å². The Morgan fingerprint density at radius 2 is 2.17 bits per heavy atom. The third-order valence-electron chi connectivity index (χ3n) is 5.96. The summed E-state index contributed by atoms with van der Waals surface area (Å²) in [6.07, 6.45) is 3.96. The van der Waals surface area contributed by atoms with Crippen LogP contribution in [0.1, 0.15) is 47.3 Å². The zero-order chi connectivity index (χ0) is 20.3. The molecule has 0 radical (unpaired) electrons. The first-order valence-corrected chi connectivity index (χ1v) is 10.7. The Balaban J connectivity index is 1.64. The van der Waals surface area contributed by atoms with Gasteiger partial charge in [-0.15, -0.1) is 11.3 Å². The van der Waals surface area contributed by atoms with Crippen molar-refractivity contribution in [3.8, 4) is 10.6 Å². The number of halogens is 1. The van der Waals surface area contributed by atoms with Crippen LogP contribution in [0.15, 0.2) is 6.07 Å². The lowest BCUT2D eigenvalue weighted by molar-refractivity contribution is 0.0966. The van der Waals surface area contributed by atoms with Gasteiger partial charge in [0.2, 0.25) is 0 Å². The Morgan fingerprint density at radius 1 is 1.38 bits per heavy atom. The summed E-state index contributed by atoms with van der Waals surface area (Å²) in [6.45, 7) is 2.12. The van der Waals surface area contributed by atoms with Gasteiger partial charge in [-0.25, -0.2) is 9.37 Å². The first kappa shape index (κ1) is 18.5. The van der Waals surface area contributed by atoms with Crippen molar-refractivity contribution >= 4 is 33.3 Å². The highest BCUT2D eigenvalue weighted by Gasteiger charge is 2.32. The molecule has 1 saturated carbocycles. The number of anilines is 1. The highest BCUT2D eigenvalue weighted by Crippen LogP contribution is 2.39. The van der Waals surface area contributed by atoms with Crippen LogP contribution in [0, 0.1) is 12.7 Å². The summed E-state index contributed by atoms with van der Waals surface area (Å²) < 4.78 is 17.1. The van der Waals surface area contributed by atoms with Gasteiger partial charge in [-0.05, 0) is 25.8 Å². The smallest absolute Gasteiger partial charge is 0.254 e. The van der Waals surface area contributed by atoms with E-state index >= 15 is 4.39 Å². The average Bonchev–Trinajstić information content (AvgIpc) is 3.36. The van der Waals surface area contributed by atoms with Crippen LogP contribution < -0.4 is 16.4 Å². The molecule has 4 N–H and O–H groups in total. The third-order valence-corrected chi connectivity index (χ3v) is 7.17. The molecule has 1 fully saturated rings. The Hall–Kier alpha value is -2.52. The molecule has 9 heteroatoms. The number of carbonyl (C=O) groups is 1. The van der Waals surface area contributed by atoms with E-state index in [1.807, 2.05) is 24.7 Å². The van der Waals surface area contributed by atoms with Gasteiger partial charge in [-0.2, -0.15) is 5.10 Å². The van der Waals surface area contributed by atoms with Crippen molar-refractivity contribution in [1.82, 2.24) is 20.1 Å². The van der Waals surface area contributed by atoms with Crippen LogP contribution in [-0.2, 0) is 13.6 Å². The fourth-order valence-electron chi connectivity index (χ4n) is 4.39. The maximum absolute atomic E-state index is 15.2. The second-order valence-electron chi connectivity index (χ2n) is 7.90. The highest BCUT2D eigenvalue weighted by molar-refractivity contribution is 7.21. The molecule has 2 aliphatic rings. The summed E-state index contributed by atoms with van der Waals surface area (Å²) in [5.41, 5.74) is 8.38. The summed E-state index contributed by atoms with van der Waals surface area (Å²) in [4.78, 5) is 18.9. The largest absolute Gasteiger partial charge is 0.363 e. The quantitative estimate of drug-likeness (QED) is 0.612. The second kappa shape index (κ2) is 6.77. The van der Waals surface area contributed by atoms with Crippen LogP contribution in [0.4, 0.5) is 10.2 Å². The second-order valence-corrected chi connectivity index (χ2v) is 8.93. The molecule has 0 saturated heterocycles. The number of rotatable bonds is 3. The van der Waals surface area contributed by atoms with Gasteiger partial charge < -0.3 is 16.4 Å². The van der Waals surface area contributed by atoms with Crippen LogP contribution in [0.3, 0.4) is 0 Å². The molecule has 4 heterocycles. The number of aromatic nitrogens is 3. The van der Waals surface area contributed by atoms with Crippen LogP contribution in [0.2, 0.25) is 0 Å². The Morgan fingerprint density at radius 3 is 2.93 bits per heavy atom. The van der Waals surface area contributed by atoms with E-state index < -0.39 is 5.82 Å². The van der Waals surface area contributed by atoms with Crippen molar-refractivity contribution in [2.45, 2.75) is 51.2 Å². The van der Waals surface area contributed by atoms with Crippen LogP contribution in [-0.4, -0.2) is 32.8 Å². The van der Waals surface area contributed by atoms with Crippen LogP contribution >= 0.6 is 11.3 Å². The molecule has 1 aliphatic carbocycles. The summed E-state index contributed by atoms with van der Waals surface area (Å²) in [5.74, 6) is -0.557. The first-order valence-electron chi connectivity index (χ1n) is 9.90. The van der Waals surface area contributed by atoms with Gasteiger partial charge >= 0.3 is 0 Å². The summed E-state index contributed by atoms with van der Waals surface area (Å²) in [7, 11) is 1.89. The van der Waals surface area contributed by atoms with Gasteiger partial charge in [0.15, 0.2) is 11.6 Å². The number of carbonyl (C=O) groups excluding carboxylic acids is 1. The molecule has 1 aliphatic heterocycles. The number of amides is 1. The van der Waals surface area contributed by atoms with Gasteiger partial charge in [-0.3, -0.25) is 9.48 Å². The maximum Gasteiger partial charge on any atom is 0.254 e. The molecule has 0 spiro atoms. The zero-order valence-corrected chi connectivity index (χ0v) is 17.2. The van der Waals surface area contributed by atoms with E-state index in [1.54, 1.807) is 0 Å². The number of fused-ring (bicyclic) bond motifs is 2. The lowest BCUT2D eigenvalue weighted by Crippen LogP contribution is -2.43. The summed E-state index contributed by atoms with van der Waals surface area (Å²) in [5, 5.41) is 11.4. The van der Waals surface area contributed by atoms with Crippen LogP contribution in [0.25, 0.3) is 20.8 Å². The number of nitrogens with zero attached hydrogens (tertiary/aromatic N) is 3.